The van der Waals surface area contributed by atoms with E-state index in [1.54, 1.807) is 0 Å². The Morgan fingerprint density at radius 1 is 1.04 bits per heavy atom. The summed E-state index contributed by atoms with van der Waals surface area (Å²) in [4.78, 5) is 25.2. The lowest BCUT2D eigenvalue weighted by Crippen LogP contribution is -2.42. The average molecular weight is 422 g/mol. The third-order valence-electron chi connectivity index (χ3n) is 3.88. The minimum atomic E-state index is -3.65. The third kappa shape index (κ3) is 5.57. The topological polar surface area (TPSA) is 95.6 Å². The van der Waals surface area contributed by atoms with Crippen molar-refractivity contribution in [1.29, 1.82) is 0 Å². The molecular formula is C19H23N3O4S2. The van der Waals surface area contributed by atoms with E-state index in [1.807, 2.05) is 32.0 Å². The minimum Gasteiger partial charge on any atom is -0.272 e. The molecule has 0 heterocycles. The van der Waals surface area contributed by atoms with Crippen LogP contribution in [0.2, 0.25) is 0 Å². The van der Waals surface area contributed by atoms with Gasteiger partial charge in [-0.25, -0.2) is 12.7 Å². The Bertz CT molecular complexity index is 988. The molecule has 0 aromatic heterocycles. The van der Waals surface area contributed by atoms with Crippen LogP contribution in [0, 0.1) is 13.8 Å². The molecule has 0 atom stereocenters. The zero-order chi connectivity index (χ0) is 20.9. The van der Waals surface area contributed by atoms with Gasteiger partial charge in [0.25, 0.3) is 5.91 Å². The van der Waals surface area contributed by atoms with Gasteiger partial charge < -0.3 is 0 Å². The lowest BCUT2D eigenvalue weighted by molar-refractivity contribution is -0.119. The van der Waals surface area contributed by atoms with Crippen molar-refractivity contribution >= 4 is 33.6 Å². The highest BCUT2D eigenvalue weighted by atomic mass is 32.2. The van der Waals surface area contributed by atoms with Crippen LogP contribution in [0.5, 0.6) is 0 Å². The summed E-state index contributed by atoms with van der Waals surface area (Å²) in [7, 11) is -0.823. The predicted octanol–water partition coefficient (Wildman–Crippen LogP) is 2.11. The summed E-state index contributed by atoms with van der Waals surface area (Å²) in [6.45, 7) is 3.98. The van der Waals surface area contributed by atoms with E-state index in [1.165, 1.54) is 50.1 Å². The molecule has 9 heteroatoms. The first-order chi connectivity index (χ1) is 13.1. The van der Waals surface area contributed by atoms with Crippen molar-refractivity contribution in [2.45, 2.75) is 23.6 Å². The smallest absolute Gasteiger partial charge is 0.269 e. The summed E-state index contributed by atoms with van der Waals surface area (Å²) in [5, 5.41) is 0. The van der Waals surface area contributed by atoms with Crippen molar-refractivity contribution in [3.8, 4) is 0 Å². The molecular weight excluding hydrogens is 398 g/mol. The molecule has 0 saturated carbocycles. The number of hydrogen-bond donors (Lipinski definition) is 2. The molecule has 0 fully saturated rings. The molecule has 28 heavy (non-hydrogen) atoms. The molecule has 0 aliphatic heterocycles. The van der Waals surface area contributed by atoms with Crippen molar-refractivity contribution in [2.75, 3.05) is 19.8 Å². The van der Waals surface area contributed by atoms with Crippen LogP contribution in [0.15, 0.2) is 52.3 Å². The maximum atomic E-state index is 12.2. The molecule has 2 N–H and O–H groups in total. The fraction of sp³-hybridized carbons (Fsp3) is 0.263. The predicted molar refractivity (Wildman–Crippen MR) is 110 cm³/mol. The van der Waals surface area contributed by atoms with Crippen LogP contribution in [0.4, 0.5) is 0 Å². The standard InChI is InChI=1S/C19H23N3O4S2/c1-13-8-9-17(14(2)10-13)27-12-18(23)20-21-19(24)15-6-5-7-16(11-15)28(25,26)22(3)4/h5-11H,12H2,1-4H3,(H,20,23)(H,21,24). The molecule has 2 aromatic carbocycles. The number of sulfonamides is 1. The van der Waals surface area contributed by atoms with Crippen LogP contribution in [0.3, 0.4) is 0 Å². The summed E-state index contributed by atoms with van der Waals surface area (Å²) >= 11 is 1.37. The van der Waals surface area contributed by atoms with Crippen LogP contribution in [0.1, 0.15) is 21.5 Å². The van der Waals surface area contributed by atoms with Gasteiger partial charge in [0.2, 0.25) is 15.9 Å². The molecule has 2 amide bonds. The van der Waals surface area contributed by atoms with Gasteiger partial charge in [-0.3, -0.25) is 20.4 Å². The first kappa shape index (κ1) is 21.9. The fourth-order valence-electron chi connectivity index (χ4n) is 2.35. The molecule has 0 saturated heterocycles. The van der Waals surface area contributed by atoms with Crippen LogP contribution in [-0.2, 0) is 14.8 Å². The normalized spacial score (nSPS) is 11.3. The minimum absolute atomic E-state index is 0.00174. The second-order valence-electron chi connectivity index (χ2n) is 6.38. The van der Waals surface area contributed by atoms with E-state index in [-0.39, 0.29) is 22.1 Å². The highest BCUT2D eigenvalue weighted by molar-refractivity contribution is 8.00. The van der Waals surface area contributed by atoms with Crippen LogP contribution in [0.25, 0.3) is 0 Å². The van der Waals surface area contributed by atoms with Gasteiger partial charge in [0.05, 0.1) is 10.6 Å². The Balaban J connectivity index is 1.94. The van der Waals surface area contributed by atoms with Gasteiger partial charge in [-0.1, -0.05) is 23.8 Å². The quantitative estimate of drug-likeness (QED) is 0.550. The number of nitrogens with zero attached hydrogens (tertiary/aromatic N) is 1. The van der Waals surface area contributed by atoms with Gasteiger partial charge in [-0.05, 0) is 43.7 Å². The van der Waals surface area contributed by atoms with Crippen LogP contribution >= 0.6 is 11.8 Å². The molecule has 7 nitrogen and oxygen atoms in total. The summed E-state index contributed by atoms with van der Waals surface area (Å²) in [5.74, 6) is -0.824. The summed E-state index contributed by atoms with van der Waals surface area (Å²) in [5.41, 5.74) is 7.01. The first-order valence-corrected chi connectivity index (χ1v) is 10.9. The van der Waals surface area contributed by atoms with E-state index in [9.17, 15) is 18.0 Å². The molecule has 0 bridgehead atoms. The van der Waals surface area contributed by atoms with E-state index in [0.29, 0.717) is 0 Å². The number of nitrogens with one attached hydrogen (secondary N) is 2. The molecule has 0 spiro atoms. The van der Waals surface area contributed by atoms with E-state index in [0.717, 1.165) is 20.3 Å². The zero-order valence-electron chi connectivity index (χ0n) is 16.1. The largest absolute Gasteiger partial charge is 0.272 e. The molecule has 0 aliphatic carbocycles. The van der Waals surface area contributed by atoms with Crippen LogP contribution < -0.4 is 10.9 Å². The number of carbonyl (C=O) groups is 2. The number of hydrazine groups is 1. The van der Waals surface area contributed by atoms with Crippen molar-refractivity contribution in [2.24, 2.45) is 0 Å². The van der Waals surface area contributed by atoms with E-state index < -0.39 is 15.9 Å². The second-order valence-corrected chi connectivity index (χ2v) is 9.54. The Morgan fingerprint density at radius 2 is 1.75 bits per heavy atom. The van der Waals surface area contributed by atoms with E-state index in [2.05, 4.69) is 10.9 Å². The maximum absolute atomic E-state index is 12.2. The highest BCUT2D eigenvalue weighted by Gasteiger charge is 2.19. The Kier molecular flexibility index (Phi) is 7.22. The zero-order valence-corrected chi connectivity index (χ0v) is 17.8. The number of thioether (sulfide) groups is 1. The molecule has 2 aromatic rings. The molecule has 0 aliphatic rings. The average Bonchev–Trinajstić information content (AvgIpc) is 2.65. The SMILES string of the molecule is Cc1ccc(SCC(=O)NNC(=O)c2cccc(S(=O)(=O)N(C)C)c2)c(C)c1. The fourth-order valence-corrected chi connectivity index (χ4v) is 4.11. The second kappa shape index (κ2) is 9.22. The van der Waals surface area contributed by atoms with Crippen molar-refractivity contribution in [3.05, 3.63) is 59.2 Å². The first-order valence-electron chi connectivity index (χ1n) is 8.43. The van der Waals surface area contributed by atoms with E-state index >= 15 is 0 Å². The van der Waals surface area contributed by atoms with Crippen molar-refractivity contribution in [3.63, 3.8) is 0 Å². The van der Waals surface area contributed by atoms with E-state index in [4.69, 9.17) is 0 Å². The van der Waals surface area contributed by atoms with Crippen LogP contribution in [-0.4, -0.2) is 44.4 Å². The number of aryl methyl sites for hydroxylation is 2. The van der Waals surface area contributed by atoms with Gasteiger partial charge in [-0.15, -0.1) is 11.8 Å². The molecule has 2 rings (SSSR count). The lowest BCUT2D eigenvalue weighted by Gasteiger charge is -2.12. The number of amides is 2. The Morgan fingerprint density at radius 3 is 2.39 bits per heavy atom. The highest BCUT2D eigenvalue weighted by Crippen LogP contribution is 2.22. The van der Waals surface area contributed by atoms with Gasteiger partial charge in [-0.2, -0.15) is 0 Å². The van der Waals surface area contributed by atoms with Gasteiger partial charge in [0.15, 0.2) is 0 Å². The third-order valence-corrected chi connectivity index (χ3v) is 6.87. The number of benzene rings is 2. The monoisotopic (exact) mass is 421 g/mol. The summed E-state index contributed by atoms with van der Waals surface area (Å²) in [6.07, 6.45) is 0. The Hall–Kier alpha value is -2.36. The number of hydrogen-bond acceptors (Lipinski definition) is 5. The van der Waals surface area contributed by atoms with Crippen molar-refractivity contribution < 1.29 is 18.0 Å². The molecule has 0 unspecified atom stereocenters. The molecule has 150 valence electrons. The van der Waals surface area contributed by atoms with Crippen molar-refractivity contribution in [1.82, 2.24) is 15.2 Å². The number of carbonyl (C=O) groups excluding carboxylic acids is 2. The van der Waals surface area contributed by atoms with Gasteiger partial charge in [0.1, 0.15) is 0 Å². The summed E-state index contributed by atoms with van der Waals surface area (Å²) < 4.78 is 25.4. The maximum Gasteiger partial charge on any atom is 0.269 e. The molecule has 0 radical (unpaired) electrons. The number of rotatable bonds is 6. The van der Waals surface area contributed by atoms with Gasteiger partial charge in [0, 0.05) is 24.6 Å². The van der Waals surface area contributed by atoms with Gasteiger partial charge >= 0.3 is 0 Å². The Labute approximate surface area is 169 Å². The summed E-state index contributed by atoms with van der Waals surface area (Å²) in [6, 6.07) is 11.6. The lowest BCUT2D eigenvalue weighted by atomic mass is 10.2.